The smallest absolute Gasteiger partial charge is 0.254 e. The first-order chi connectivity index (χ1) is 9.16. The Morgan fingerprint density at radius 2 is 2.05 bits per heavy atom. The third-order valence-electron chi connectivity index (χ3n) is 2.57. The topological polar surface area (TPSA) is 51.5 Å². The molecule has 19 heavy (non-hydrogen) atoms. The molecule has 0 saturated carbocycles. The largest absolute Gasteiger partial charge is 0.492 e. The predicted octanol–water partition coefficient (Wildman–Crippen LogP) is 3.05. The average Bonchev–Trinajstić information content (AvgIpc) is 2.83. The number of carbonyl (C=O) groups is 1. The normalized spacial score (nSPS) is 10.2. The van der Waals surface area contributed by atoms with E-state index < -0.39 is 0 Å². The molecule has 0 bridgehead atoms. The lowest BCUT2D eigenvalue weighted by molar-refractivity contribution is 0.0945. The van der Waals surface area contributed by atoms with Gasteiger partial charge in [-0.1, -0.05) is 11.6 Å². The van der Waals surface area contributed by atoms with Crippen molar-refractivity contribution in [2.75, 3.05) is 13.2 Å². The molecule has 0 radical (unpaired) electrons. The maximum Gasteiger partial charge on any atom is 0.254 e. The van der Waals surface area contributed by atoms with Crippen molar-refractivity contribution in [2.24, 2.45) is 0 Å². The second kappa shape index (κ2) is 6.29. The molecule has 0 fully saturated rings. The number of benzene rings is 1. The molecule has 1 heterocycles. The minimum atomic E-state index is -0.161. The third-order valence-corrected chi connectivity index (χ3v) is 2.83. The number of furan rings is 1. The van der Waals surface area contributed by atoms with E-state index >= 15 is 0 Å². The zero-order chi connectivity index (χ0) is 13.7. The van der Waals surface area contributed by atoms with Crippen LogP contribution >= 0.6 is 11.6 Å². The summed E-state index contributed by atoms with van der Waals surface area (Å²) in [7, 11) is 0. The lowest BCUT2D eigenvalue weighted by atomic mass is 10.2. The molecule has 100 valence electrons. The van der Waals surface area contributed by atoms with Crippen LogP contribution in [0.2, 0.25) is 5.02 Å². The molecule has 0 unspecified atom stereocenters. The molecule has 0 aliphatic carbocycles. The Balaban J connectivity index is 1.74. The molecular formula is C14H14ClNO3. The van der Waals surface area contributed by atoms with Crippen LogP contribution in [0.5, 0.6) is 5.75 Å². The number of aryl methyl sites for hydroxylation is 1. The number of halogens is 1. The Hall–Kier alpha value is -1.94. The maximum atomic E-state index is 11.7. The van der Waals surface area contributed by atoms with E-state index in [1.165, 1.54) is 6.26 Å². The van der Waals surface area contributed by atoms with Crippen molar-refractivity contribution in [1.82, 2.24) is 5.32 Å². The fourth-order valence-corrected chi connectivity index (χ4v) is 1.71. The fraction of sp³-hybridized carbons (Fsp3) is 0.214. The first-order valence-corrected chi connectivity index (χ1v) is 6.25. The molecule has 0 spiro atoms. The van der Waals surface area contributed by atoms with Crippen LogP contribution in [0.25, 0.3) is 0 Å². The predicted molar refractivity (Wildman–Crippen MR) is 72.7 cm³/mol. The summed E-state index contributed by atoms with van der Waals surface area (Å²) >= 11 is 5.76. The summed E-state index contributed by atoms with van der Waals surface area (Å²) in [4.78, 5) is 11.7. The van der Waals surface area contributed by atoms with Gasteiger partial charge in [-0.2, -0.15) is 0 Å². The number of amides is 1. The highest BCUT2D eigenvalue weighted by Crippen LogP contribution is 2.15. The maximum absolute atomic E-state index is 11.7. The van der Waals surface area contributed by atoms with Gasteiger partial charge >= 0.3 is 0 Å². The Morgan fingerprint density at radius 1 is 1.32 bits per heavy atom. The number of hydrogen-bond acceptors (Lipinski definition) is 3. The molecule has 1 amide bonds. The monoisotopic (exact) mass is 279 g/mol. The van der Waals surface area contributed by atoms with Gasteiger partial charge < -0.3 is 14.5 Å². The van der Waals surface area contributed by atoms with Gasteiger partial charge in [0.2, 0.25) is 0 Å². The summed E-state index contributed by atoms with van der Waals surface area (Å²) in [5.74, 6) is 1.17. The Bertz CT molecular complexity index is 548. The zero-order valence-corrected chi connectivity index (χ0v) is 11.2. The van der Waals surface area contributed by atoms with E-state index in [1.54, 1.807) is 37.3 Å². The minimum Gasteiger partial charge on any atom is -0.492 e. The van der Waals surface area contributed by atoms with Crippen molar-refractivity contribution < 1.29 is 13.9 Å². The van der Waals surface area contributed by atoms with Crippen molar-refractivity contribution in [2.45, 2.75) is 6.92 Å². The number of hydrogen-bond donors (Lipinski definition) is 1. The van der Waals surface area contributed by atoms with E-state index in [0.717, 1.165) is 5.75 Å². The van der Waals surface area contributed by atoms with Gasteiger partial charge in [0.05, 0.1) is 18.4 Å². The Labute approximate surface area is 116 Å². The van der Waals surface area contributed by atoms with E-state index in [9.17, 15) is 4.79 Å². The van der Waals surface area contributed by atoms with E-state index in [0.29, 0.717) is 29.5 Å². The first kappa shape index (κ1) is 13.5. The van der Waals surface area contributed by atoms with Gasteiger partial charge in [0, 0.05) is 5.02 Å². The molecule has 4 nitrogen and oxygen atoms in total. The van der Waals surface area contributed by atoms with Gasteiger partial charge in [-0.05, 0) is 37.3 Å². The Kier molecular flexibility index (Phi) is 4.47. The molecular weight excluding hydrogens is 266 g/mol. The zero-order valence-electron chi connectivity index (χ0n) is 10.5. The van der Waals surface area contributed by atoms with Crippen LogP contribution in [-0.4, -0.2) is 19.1 Å². The number of ether oxygens (including phenoxy) is 1. The van der Waals surface area contributed by atoms with E-state index in [1.807, 2.05) is 0 Å². The number of carbonyl (C=O) groups excluding carboxylic acids is 1. The molecule has 2 aromatic rings. The second-order valence-electron chi connectivity index (χ2n) is 3.95. The molecule has 0 atom stereocenters. The molecule has 0 saturated heterocycles. The molecule has 1 aromatic carbocycles. The second-order valence-corrected chi connectivity index (χ2v) is 4.39. The van der Waals surface area contributed by atoms with Crippen molar-refractivity contribution in [3.05, 3.63) is 52.9 Å². The minimum absolute atomic E-state index is 0.161. The quantitative estimate of drug-likeness (QED) is 0.856. The highest BCUT2D eigenvalue weighted by atomic mass is 35.5. The van der Waals surface area contributed by atoms with Gasteiger partial charge in [-0.3, -0.25) is 4.79 Å². The molecule has 1 N–H and O–H groups in total. The standard InChI is InChI=1S/C14H14ClNO3/c1-10-13(6-8-18-10)14(17)16-7-9-19-12-4-2-11(15)3-5-12/h2-6,8H,7,9H2,1H3,(H,16,17). The first-order valence-electron chi connectivity index (χ1n) is 5.87. The lowest BCUT2D eigenvalue weighted by Crippen LogP contribution is -2.28. The molecule has 1 aromatic heterocycles. The van der Waals surface area contributed by atoms with Crippen molar-refractivity contribution in [3.63, 3.8) is 0 Å². The van der Waals surface area contributed by atoms with Gasteiger partial charge in [0.15, 0.2) is 0 Å². The summed E-state index contributed by atoms with van der Waals surface area (Å²) in [6, 6.07) is 8.72. The lowest BCUT2D eigenvalue weighted by Gasteiger charge is -2.07. The number of rotatable bonds is 5. The summed E-state index contributed by atoms with van der Waals surface area (Å²) in [6.07, 6.45) is 1.49. The summed E-state index contributed by atoms with van der Waals surface area (Å²) in [6.45, 7) is 2.56. The van der Waals surface area contributed by atoms with Crippen molar-refractivity contribution >= 4 is 17.5 Å². The van der Waals surface area contributed by atoms with Crippen LogP contribution in [0.4, 0.5) is 0 Å². The van der Waals surface area contributed by atoms with Crippen molar-refractivity contribution in [3.8, 4) is 5.75 Å². The van der Waals surface area contributed by atoms with E-state index in [4.69, 9.17) is 20.8 Å². The highest BCUT2D eigenvalue weighted by molar-refractivity contribution is 6.30. The number of nitrogens with one attached hydrogen (secondary N) is 1. The Morgan fingerprint density at radius 3 is 2.68 bits per heavy atom. The van der Waals surface area contributed by atoms with Crippen LogP contribution < -0.4 is 10.1 Å². The van der Waals surface area contributed by atoms with Gasteiger partial charge in [0.1, 0.15) is 18.1 Å². The van der Waals surface area contributed by atoms with Crippen LogP contribution in [-0.2, 0) is 0 Å². The average molecular weight is 280 g/mol. The summed E-state index contributed by atoms with van der Waals surface area (Å²) in [5, 5.41) is 3.42. The fourth-order valence-electron chi connectivity index (χ4n) is 1.58. The summed E-state index contributed by atoms with van der Waals surface area (Å²) < 4.78 is 10.5. The van der Waals surface area contributed by atoms with Crippen LogP contribution in [0.3, 0.4) is 0 Å². The summed E-state index contributed by atoms with van der Waals surface area (Å²) in [5.41, 5.74) is 0.548. The van der Waals surface area contributed by atoms with E-state index in [2.05, 4.69) is 5.32 Å². The molecule has 0 aliphatic rings. The van der Waals surface area contributed by atoms with E-state index in [-0.39, 0.29) is 5.91 Å². The third kappa shape index (κ3) is 3.76. The SMILES string of the molecule is Cc1occc1C(=O)NCCOc1ccc(Cl)cc1. The van der Waals surface area contributed by atoms with Crippen LogP contribution in [0, 0.1) is 6.92 Å². The molecule has 5 heteroatoms. The van der Waals surface area contributed by atoms with Gasteiger partial charge in [0.25, 0.3) is 5.91 Å². The molecule has 2 rings (SSSR count). The van der Waals surface area contributed by atoms with Crippen molar-refractivity contribution in [1.29, 1.82) is 0 Å². The highest BCUT2D eigenvalue weighted by Gasteiger charge is 2.10. The van der Waals surface area contributed by atoms with Gasteiger partial charge in [-0.15, -0.1) is 0 Å². The van der Waals surface area contributed by atoms with Crippen LogP contribution in [0.15, 0.2) is 41.0 Å². The van der Waals surface area contributed by atoms with Gasteiger partial charge in [-0.25, -0.2) is 0 Å². The molecule has 0 aliphatic heterocycles. The van der Waals surface area contributed by atoms with Crippen LogP contribution in [0.1, 0.15) is 16.1 Å².